The van der Waals surface area contributed by atoms with Gasteiger partial charge in [-0.3, -0.25) is 4.79 Å². The predicted molar refractivity (Wildman–Crippen MR) is 52.6 cm³/mol. The molecule has 2 heteroatoms. The first kappa shape index (κ1) is 9.20. The summed E-state index contributed by atoms with van der Waals surface area (Å²) in [4.78, 5) is 13.8. The second-order valence-electron chi connectivity index (χ2n) is 5.13. The summed E-state index contributed by atoms with van der Waals surface area (Å²) < 4.78 is 0. The zero-order valence-corrected chi connectivity index (χ0v) is 8.68. The van der Waals surface area contributed by atoms with Gasteiger partial charge in [-0.15, -0.1) is 0 Å². The maximum absolute atomic E-state index is 11.6. The van der Waals surface area contributed by atoms with Gasteiger partial charge in [-0.1, -0.05) is 0 Å². The zero-order valence-electron chi connectivity index (χ0n) is 8.68. The van der Waals surface area contributed by atoms with E-state index < -0.39 is 0 Å². The number of rotatable bonds is 2. The van der Waals surface area contributed by atoms with Gasteiger partial charge in [0.05, 0.1) is 0 Å². The Bertz CT molecular complexity index is 218. The van der Waals surface area contributed by atoms with Crippen molar-refractivity contribution < 1.29 is 4.79 Å². The van der Waals surface area contributed by atoms with Crippen LogP contribution in [0.4, 0.5) is 0 Å². The third-order valence-electron chi connectivity index (χ3n) is 3.58. The quantitative estimate of drug-likeness (QED) is 0.646. The lowest BCUT2D eigenvalue weighted by atomic mass is 9.78. The molecule has 0 amide bonds. The van der Waals surface area contributed by atoms with Crippen LogP contribution in [-0.2, 0) is 4.79 Å². The third-order valence-corrected chi connectivity index (χ3v) is 3.58. The van der Waals surface area contributed by atoms with E-state index in [0.29, 0.717) is 17.1 Å². The maximum atomic E-state index is 11.6. The summed E-state index contributed by atoms with van der Waals surface area (Å²) in [6.07, 6.45) is 5.95. The number of nitrogens with zero attached hydrogens (tertiary/aromatic N) is 1. The lowest BCUT2D eigenvalue weighted by Crippen LogP contribution is -2.33. The van der Waals surface area contributed by atoms with Crippen LogP contribution >= 0.6 is 0 Å². The first-order chi connectivity index (χ1) is 6.11. The van der Waals surface area contributed by atoms with Crippen LogP contribution in [0.1, 0.15) is 32.1 Å². The van der Waals surface area contributed by atoms with Crippen molar-refractivity contribution in [2.75, 3.05) is 20.6 Å². The molecule has 0 unspecified atom stereocenters. The van der Waals surface area contributed by atoms with E-state index in [-0.39, 0.29) is 0 Å². The average Bonchev–Trinajstić information content (AvgIpc) is 2.78. The Hall–Kier alpha value is -0.370. The first-order valence-electron chi connectivity index (χ1n) is 5.29. The second kappa shape index (κ2) is 3.09. The molecule has 2 nitrogen and oxygen atoms in total. The van der Waals surface area contributed by atoms with Gasteiger partial charge < -0.3 is 4.90 Å². The van der Waals surface area contributed by atoms with Gasteiger partial charge in [-0.05, 0) is 45.2 Å². The van der Waals surface area contributed by atoms with Crippen molar-refractivity contribution in [3.8, 4) is 0 Å². The Balaban J connectivity index is 1.95. The van der Waals surface area contributed by atoms with Crippen molar-refractivity contribution in [3.63, 3.8) is 0 Å². The lowest BCUT2D eigenvalue weighted by molar-refractivity contribution is -0.126. The Morgan fingerprint density at radius 2 is 2.08 bits per heavy atom. The minimum atomic E-state index is 0.339. The smallest absolute Gasteiger partial charge is 0.137 e. The molecule has 0 bridgehead atoms. The summed E-state index contributed by atoms with van der Waals surface area (Å²) in [7, 11) is 4.11. The van der Waals surface area contributed by atoms with E-state index in [2.05, 4.69) is 19.0 Å². The van der Waals surface area contributed by atoms with Gasteiger partial charge >= 0.3 is 0 Å². The molecule has 74 valence electrons. The van der Waals surface area contributed by atoms with Crippen LogP contribution in [0.3, 0.4) is 0 Å². The first-order valence-corrected chi connectivity index (χ1v) is 5.29. The number of ketones is 1. The Kier molecular flexibility index (Phi) is 2.18. The summed E-state index contributed by atoms with van der Waals surface area (Å²) in [6, 6.07) is 0. The van der Waals surface area contributed by atoms with E-state index >= 15 is 0 Å². The van der Waals surface area contributed by atoms with E-state index in [0.717, 1.165) is 13.0 Å². The van der Waals surface area contributed by atoms with Crippen LogP contribution in [0, 0.1) is 11.3 Å². The zero-order chi connectivity index (χ0) is 9.47. The molecular formula is C11H19NO. The number of Topliss-reactive ketones (excluding diaryl/α,β-unsaturated/α-hetero) is 1. The molecule has 0 aromatic carbocycles. The molecule has 2 rings (SSSR count). The standard InChI is InChI=1S/C11H19NO/c1-12(2)8-9-7-11(5-6-11)4-3-10(9)13/h9H,3-8H2,1-2H3/t9-/m1/s1. The Morgan fingerprint density at radius 3 is 2.62 bits per heavy atom. The number of carbonyl (C=O) groups is 1. The van der Waals surface area contributed by atoms with E-state index in [1.54, 1.807) is 0 Å². The molecule has 0 saturated heterocycles. The van der Waals surface area contributed by atoms with E-state index in [1.807, 2.05) is 0 Å². The van der Waals surface area contributed by atoms with Crippen molar-refractivity contribution in [2.45, 2.75) is 32.1 Å². The van der Waals surface area contributed by atoms with Gasteiger partial charge in [0, 0.05) is 18.9 Å². The van der Waals surface area contributed by atoms with Gasteiger partial charge in [-0.25, -0.2) is 0 Å². The fraction of sp³-hybridized carbons (Fsp3) is 0.909. The van der Waals surface area contributed by atoms with E-state index in [4.69, 9.17) is 0 Å². The van der Waals surface area contributed by atoms with Crippen LogP contribution in [0.5, 0.6) is 0 Å². The molecule has 2 fully saturated rings. The lowest BCUT2D eigenvalue weighted by Gasteiger charge is -2.29. The van der Waals surface area contributed by atoms with Gasteiger partial charge in [0.2, 0.25) is 0 Å². The number of hydrogen-bond acceptors (Lipinski definition) is 2. The fourth-order valence-corrected chi connectivity index (χ4v) is 2.57. The molecular weight excluding hydrogens is 162 g/mol. The molecule has 1 atom stereocenters. The molecule has 2 aliphatic carbocycles. The second-order valence-corrected chi connectivity index (χ2v) is 5.13. The molecule has 2 aliphatic rings. The SMILES string of the molecule is CN(C)C[C@H]1CC2(CCC1=O)CC2. The van der Waals surface area contributed by atoms with Gasteiger partial charge in [0.15, 0.2) is 0 Å². The largest absolute Gasteiger partial charge is 0.309 e. The Morgan fingerprint density at radius 1 is 1.38 bits per heavy atom. The van der Waals surface area contributed by atoms with Crippen LogP contribution in [0.25, 0.3) is 0 Å². The van der Waals surface area contributed by atoms with Crippen molar-refractivity contribution in [1.29, 1.82) is 0 Å². The van der Waals surface area contributed by atoms with Gasteiger partial charge in [0.25, 0.3) is 0 Å². The van der Waals surface area contributed by atoms with Gasteiger partial charge in [0.1, 0.15) is 5.78 Å². The normalized spacial score (nSPS) is 31.3. The van der Waals surface area contributed by atoms with E-state index in [1.165, 1.54) is 25.7 Å². The van der Waals surface area contributed by atoms with Crippen molar-refractivity contribution in [3.05, 3.63) is 0 Å². The van der Waals surface area contributed by atoms with Crippen LogP contribution in [0.2, 0.25) is 0 Å². The minimum Gasteiger partial charge on any atom is -0.309 e. The van der Waals surface area contributed by atoms with Crippen molar-refractivity contribution in [1.82, 2.24) is 4.90 Å². The summed E-state index contributed by atoms with van der Waals surface area (Å²) >= 11 is 0. The summed E-state index contributed by atoms with van der Waals surface area (Å²) in [5.74, 6) is 0.845. The summed E-state index contributed by atoms with van der Waals surface area (Å²) in [5.41, 5.74) is 0.620. The average molecular weight is 181 g/mol. The molecule has 0 N–H and O–H groups in total. The van der Waals surface area contributed by atoms with Crippen molar-refractivity contribution >= 4 is 5.78 Å². The Labute approximate surface area is 80.3 Å². The maximum Gasteiger partial charge on any atom is 0.137 e. The topological polar surface area (TPSA) is 20.3 Å². The van der Waals surface area contributed by atoms with Crippen LogP contribution in [-0.4, -0.2) is 31.3 Å². The molecule has 2 saturated carbocycles. The van der Waals surface area contributed by atoms with E-state index in [9.17, 15) is 4.79 Å². The molecule has 0 aliphatic heterocycles. The minimum absolute atomic E-state index is 0.339. The molecule has 0 radical (unpaired) electrons. The molecule has 1 spiro atoms. The highest BCUT2D eigenvalue weighted by Gasteiger charge is 2.48. The van der Waals surface area contributed by atoms with Crippen LogP contribution in [0.15, 0.2) is 0 Å². The third kappa shape index (κ3) is 1.93. The predicted octanol–water partition coefficient (Wildman–Crippen LogP) is 1.70. The molecule has 0 aromatic heterocycles. The molecule has 0 heterocycles. The van der Waals surface area contributed by atoms with Crippen LogP contribution < -0.4 is 0 Å². The highest BCUT2D eigenvalue weighted by atomic mass is 16.1. The molecule has 13 heavy (non-hydrogen) atoms. The van der Waals surface area contributed by atoms with Gasteiger partial charge in [-0.2, -0.15) is 0 Å². The fourth-order valence-electron chi connectivity index (χ4n) is 2.57. The summed E-state index contributed by atoms with van der Waals surface area (Å²) in [5, 5.41) is 0. The summed E-state index contributed by atoms with van der Waals surface area (Å²) in [6.45, 7) is 0.959. The number of hydrogen-bond donors (Lipinski definition) is 0. The van der Waals surface area contributed by atoms with Crippen molar-refractivity contribution in [2.24, 2.45) is 11.3 Å². The highest BCUT2D eigenvalue weighted by molar-refractivity contribution is 5.82. The monoisotopic (exact) mass is 181 g/mol. The highest BCUT2D eigenvalue weighted by Crippen LogP contribution is 2.56. The number of carbonyl (C=O) groups excluding carboxylic acids is 1. The molecule has 0 aromatic rings.